The maximum Gasteiger partial charge on any atom is 0.266 e. The lowest BCUT2D eigenvalue weighted by Gasteiger charge is -2.35. The maximum absolute atomic E-state index is 12.8. The van der Waals surface area contributed by atoms with Gasteiger partial charge < -0.3 is 19.3 Å². The lowest BCUT2D eigenvalue weighted by Crippen LogP contribution is -2.47. The quantitative estimate of drug-likeness (QED) is 0.920. The third kappa shape index (κ3) is 2.21. The van der Waals surface area contributed by atoms with Crippen LogP contribution in [0.5, 0.6) is 5.75 Å². The van der Waals surface area contributed by atoms with Gasteiger partial charge in [0.2, 0.25) is 0 Å². The van der Waals surface area contributed by atoms with Crippen LogP contribution in [0.15, 0.2) is 12.4 Å². The van der Waals surface area contributed by atoms with Gasteiger partial charge in [-0.3, -0.25) is 9.89 Å². The van der Waals surface area contributed by atoms with Crippen LogP contribution in [-0.4, -0.2) is 67.5 Å². The van der Waals surface area contributed by atoms with Crippen LogP contribution in [0.2, 0.25) is 0 Å². The van der Waals surface area contributed by atoms with E-state index in [0.717, 1.165) is 33.3 Å². The van der Waals surface area contributed by atoms with E-state index in [9.17, 15) is 4.79 Å². The van der Waals surface area contributed by atoms with Crippen molar-refractivity contribution in [3.8, 4) is 16.2 Å². The fourth-order valence-corrected chi connectivity index (χ4v) is 4.47. The number of aromatic nitrogens is 2. The average Bonchev–Trinajstić information content (AvgIpc) is 3.18. The maximum atomic E-state index is 12.8. The highest BCUT2D eigenvalue weighted by molar-refractivity contribution is 7.18. The van der Waals surface area contributed by atoms with E-state index in [-0.39, 0.29) is 11.9 Å². The molecule has 0 saturated heterocycles. The highest BCUT2D eigenvalue weighted by Gasteiger charge is 2.39. The number of rotatable bonds is 3. The van der Waals surface area contributed by atoms with E-state index in [1.54, 1.807) is 18.2 Å². The Morgan fingerprint density at radius 1 is 1.52 bits per heavy atom. The summed E-state index contributed by atoms with van der Waals surface area (Å²) in [5.41, 5.74) is 1.85. The second-order valence-electron chi connectivity index (χ2n) is 5.76. The third-order valence-corrected chi connectivity index (χ3v) is 5.49. The first-order valence-electron chi connectivity index (χ1n) is 7.50. The first kappa shape index (κ1) is 14.5. The zero-order valence-electron chi connectivity index (χ0n) is 13.0. The zero-order chi connectivity index (χ0) is 16.0. The molecular formula is C15H18N4O3S. The van der Waals surface area contributed by atoms with Gasteiger partial charge >= 0.3 is 0 Å². The number of H-pyrrole nitrogens is 1. The molecule has 1 atom stereocenters. The molecule has 0 bridgehead atoms. The summed E-state index contributed by atoms with van der Waals surface area (Å²) in [7, 11) is 3.54. The van der Waals surface area contributed by atoms with Gasteiger partial charge in [0.05, 0.1) is 30.3 Å². The normalized spacial score (nSPS) is 20.3. The van der Waals surface area contributed by atoms with Crippen LogP contribution in [0.4, 0.5) is 5.69 Å². The van der Waals surface area contributed by atoms with Crippen molar-refractivity contribution in [1.29, 1.82) is 0 Å². The van der Waals surface area contributed by atoms with Gasteiger partial charge in [0.25, 0.3) is 5.91 Å². The Morgan fingerprint density at radius 3 is 3.13 bits per heavy atom. The summed E-state index contributed by atoms with van der Waals surface area (Å²) in [6.07, 6.45) is 3.58. The molecule has 8 heteroatoms. The molecular weight excluding hydrogens is 316 g/mol. The highest BCUT2D eigenvalue weighted by Crippen LogP contribution is 2.51. The molecule has 2 aromatic rings. The summed E-state index contributed by atoms with van der Waals surface area (Å²) < 4.78 is 11.3. The number of carbonyl (C=O) groups is 1. The molecule has 0 unspecified atom stereocenters. The van der Waals surface area contributed by atoms with Gasteiger partial charge in [0, 0.05) is 32.5 Å². The second-order valence-corrected chi connectivity index (χ2v) is 6.78. The van der Waals surface area contributed by atoms with Gasteiger partial charge in [-0.2, -0.15) is 5.10 Å². The molecule has 4 rings (SSSR count). The summed E-state index contributed by atoms with van der Waals surface area (Å²) in [5, 5.41) is 6.83. The number of amides is 1. The van der Waals surface area contributed by atoms with Crippen molar-refractivity contribution in [2.24, 2.45) is 0 Å². The van der Waals surface area contributed by atoms with Crippen molar-refractivity contribution in [3.05, 3.63) is 17.3 Å². The first-order valence-corrected chi connectivity index (χ1v) is 8.32. The fraction of sp³-hybridized carbons (Fsp3) is 0.467. The number of anilines is 1. The van der Waals surface area contributed by atoms with Crippen molar-refractivity contribution < 1.29 is 14.3 Å². The Hall–Kier alpha value is -2.06. The second kappa shape index (κ2) is 5.54. The van der Waals surface area contributed by atoms with Crippen molar-refractivity contribution >= 4 is 22.9 Å². The summed E-state index contributed by atoms with van der Waals surface area (Å²) in [4.78, 5) is 18.5. The molecule has 7 nitrogen and oxygen atoms in total. The van der Waals surface area contributed by atoms with E-state index in [1.165, 1.54) is 11.3 Å². The molecule has 1 amide bonds. The van der Waals surface area contributed by atoms with Gasteiger partial charge in [-0.1, -0.05) is 0 Å². The number of nitrogens with one attached hydrogen (secondary N) is 1. The van der Waals surface area contributed by atoms with E-state index in [4.69, 9.17) is 9.47 Å². The number of carbonyl (C=O) groups excluding carboxylic acids is 1. The minimum absolute atomic E-state index is 0.0371. The Kier molecular flexibility index (Phi) is 3.50. The molecule has 0 aromatic carbocycles. The van der Waals surface area contributed by atoms with Crippen LogP contribution in [-0.2, 0) is 4.74 Å². The largest absolute Gasteiger partial charge is 0.488 e. The molecule has 2 aliphatic rings. The summed E-state index contributed by atoms with van der Waals surface area (Å²) in [5.74, 6) is 0.831. The standard InChI is InChI=1S/C15H18N4O3S/c1-18-7-10(8-21-2)19-3-4-22-12-11(19)14(15(18)20)23-13(12)9-5-16-17-6-9/h5-6,10H,3-4,7-8H2,1-2H3,(H,16,17)/t10-/m0/s1. The topological polar surface area (TPSA) is 70.7 Å². The third-order valence-electron chi connectivity index (χ3n) is 4.29. The first-order chi connectivity index (χ1) is 11.2. The number of likely N-dealkylation sites (N-methyl/N-ethyl adjacent to an activating group) is 1. The summed E-state index contributed by atoms with van der Waals surface area (Å²) in [6, 6.07) is 0.129. The summed E-state index contributed by atoms with van der Waals surface area (Å²) in [6.45, 7) is 2.59. The highest BCUT2D eigenvalue weighted by atomic mass is 32.1. The minimum Gasteiger partial charge on any atom is -0.488 e. The number of hydrogen-bond acceptors (Lipinski definition) is 6. The molecule has 2 aliphatic heterocycles. The average molecular weight is 334 g/mol. The van der Waals surface area contributed by atoms with Crippen LogP contribution in [0.25, 0.3) is 10.4 Å². The fourth-order valence-electron chi connectivity index (χ4n) is 3.24. The Balaban J connectivity index is 1.89. The van der Waals surface area contributed by atoms with Gasteiger partial charge in [0.1, 0.15) is 17.2 Å². The van der Waals surface area contributed by atoms with E-state index in [1.807, 2.05) is 13.2 Å². The Morgan fingerprint density at radius 2 is 2.39 bits per heavy atom. The SMILES string of the molecule is COC[C@@H]1CN(C)C(=O)c2sc(-c3cn[nH]c3)c3c2N1CCO3. The predicted molar refractivity (Wildman–Crippen MR) is 87.4 cm³/mol. The van der Waals surface area contributed by atoms with Crippen LogP contribution in [0.1, 0.15) is 9.67 Å². The van der Waals surface area contributed by atoms with Crippen molar-refractivity contribution in [3.63, 3.8) is 0 Å². The van der Waals surface area contributed by atoms with E-state index in [0.29, 0.717) is 19.8 Å². The molecule has 2 aromatic heterocycles. The van der Waals surface area contributed by atoms with Crippen LogP contribution < -0.4 is 9.64 Å². The van der Waals surface area contributed by atoms with E-state index >= 15 is 0 Å². The molecule has 0 fully saturated rings. The van der Waals surface area contributed by atoms with E-state index in [2.05, 4.69) is 15.1 Å². The molecule has 0 saturated carbocycles. The predicted octanol–water partition coefficient (Wildman–Crippen LogP) is 1.44. The van der Waals surface area contributed by atoms with Crippen LogP contribution in [0, 0.1) is 0 Å². The zero-order valence-corrected chi connectivity index (χ0v) is 13.9. The molecule has 0 aliphatic carbocycles. The number of aromatic amines is 1. The van der Waals surface area contributed by atoms with Crippen molar-refractivity contribution in [1.82, 2.24) is 15.1 Å². The molecule has 23 heavy (non-hydrogen) atoms. The van der Waals surface area contributed by atoms with E-state index < -0.39 is 0 Å². The number of thiophene rings is 1. The monoisotopic (exact) mass is 334 g/mol. The van der Waals surface area contributed by atoms with Gasteiger partial charge in [-0.15, -0.1) is 11.3 Å². The number of methoxy groups -OCH3 is 1. The lowest BCUT2D eigenvalue weighted by atomic mass is 10.1. The lowest BCUT2D eigenvalue weighted by molar-refractivity contribution is 0.0778. The van der Waals surface area contributed by atoms with Gasteiger partial charge in [-0.05, 0) is 0 Å². The van der Waals surface area contributed by atoms with Crippen LogP contribution >= 0.6 is 11.3 Å². The number of hydrogen-bond donors (Lipinski definition) is 1. The Bertz CT molecular complexity index is 727. The molecule has 0 spiro atoms. The van der Waals surface area contributed by atoms with Crippen LogP contribution in [0.3, 0.4) is 0 Å². The molecule has 0 radical (unpaired) electrons. The van der Waals surface area contributed by atoms with Crippen molar-refractivity contribution in [2.75, 3.05) is 45.4 Å². The summed E-state index contributed by atoms with van der Waals surface area (Å²) >= 11 is 1.47. The number of nitrogens with zero attached hydrogens (tertiary/aromatic N) is 3. The van der Waals surface area contributed by atoms with Crippen molar-refractivity contribution in [2.45, 2.75) is 6.04 Å². The van der Waals surface area contributed by atoms with Gasteiger partial charge in [0.15, 0.2) is 5.75 Å². The Labute approximate surface area is 137 Å². The minimum atomic E-state index is 0.0371. The van der Waals surface area contributed by atoms with Gasteiger partial charge in [-0.25, -0.2) is 0 Å². The molecule has 4 heterocycles. The molecule has 1 N–H and O–H groups in total. The smallest absolute Gasteiger partial charge is 0.266 e. The number of ether oxygens (including phenoxy) is 2. The molecule has 122 valence electrons.